The van der Waals surface area contributed by atoms with E-state index in [-0.39, 0.29) is 0 Å². The first-order valence-electron chi connectivity index (χ1n) is 5.48. The van der Waals surface area contributed by atoms with Crippen LogP contribution in [-0.2, 0) is 0 Å². The molecule has 0 radical (unpaired) electrons. The fourth-order valence-corrected chi connectivity index (χ4v) is 3.66. The second kappa shape index (κ2) is 7.01. The zero-order valence-corrected chi connectivity index (χ0v) is 12.7. The predicted molar refractivity (Wildman–Crippen MR) is 79.1 cm³/mol. The normalized spacial score (nSPS) is 10.6. The van der Waals surface area contributed by atoms with Gasteiger partial charge in [-0.1, -0.05) is 53.1 Å². The molecule has 2 rings (SSSR count). The van der Waals surface area contributed by atoms with Crippen LogP contribution in [0.5, 0.6) is 5.75 Å². The lowest BCUT2D eigenvalue weighted by atomic mass is 10.2. The molecule has 0 aliphatic carbocycles. The van der Waals surface area contributed by atoms with E-state index in [9.17, 15) is 0 Å². The number of nitrogens with zero attached hydrogens (tertiary/aromatic N) is 2. The zero-order chi connectivity index (χ0) is 12.8. The van der Waals surface area contributed by atoms with Gasteiger partial charge in [-0.25, -0.2) is 0 Å². The molecule has 0 saturated heterocycles. The third kappa shape index (κ3) is 3.90. The summed E-state index contributed by atoms with van der Waals surface area (Å²) in [5, 5.41) is 8.16. The Morgan fingerprint density at radius 2 is 2.00 bits per heavy atom. The SMILES string of the molecule is CSc1nnc(SCCOc2ccccc2C)s1. The smallest absolute Gasteiger partial charge is 0.175 e. The summed E-state index contributed by atoms with van der Waals surface area (Å²) in [5.41, 5.74) is 1.17. The van der Waals surface area contributed by atoms with Crippen LogP contribution in [0.15, 0.2) is 32.9 Å². The molecule has 1 heterocycles. The van der Waals surface area contributed by atoms with Crippen molar-refractivity contribution in [1.82, 2.24) is 10.2 Å². The Balaban J connectivity index is 1.74. The van der Waals surface area contributed by atoms with Crippen molar-refractivity contribution in [2.24, 2.45) is 0 Å². The first-order valence-corrected chi connectivity index (χ1v) is 8.51. The summed E-state index contributed by atoms with van der Waals surface area (Å²) in [5.74, 6) is 1.84. The largest absolute Gasteiger partial charge is 0.492 e. The molecule has 0 aliphatic heterocycles. The van der Waals surface area contributed by atoms with Crippen molar-refractivity contribution >= 4 is 34.9 Å². The highest BCUT2D eigenvalue weighted by atomic mass is 32.2. The Kier molecular flexibility index (Phi) is 5.34. The topological polar surface area (TPSA) is 35.0 Å². The predicted octanol–water partition coefficient (Wildman–Crippen LogP) is 3.74. The quantitative estimate of drug-likeness (QED) is 0.599. The summed E-state index contributed by atoms with van der Waals surface area (Å²) in [6, 6.07) is 8.06. The van der Waals surface area contributed by atoms with E-state index < -0.39 is 0 Å². The molecule has 0 unspecified atom stereocenters. The molecular formula is C12H14N2OS3. The Morgan fingerprint density at radius 3 is 2.72 bits per heavy atom. The summed E-state index contributed by atoms with van der Waals surface area (Å²) < 4.78 is 7.74. The van der Waals surface area contributed by atoms with Gasteiger partial charge < -0.3 is 4.74 Å². The van der Waals surface area contributed by atoms with E-state index >= 15 is 0 Å². The molecule has 1 aromatic heterocycles. The molecule has 1 aromatic carbocycles. The van der Waals surface area contributed by atoms with E-state index in [1.807, 2.05) is 24.5 Å². The Labute approximate surface area is 119 Å². The average Bonchev–Trinajstić information content (AvgIpc) is 2.84. The highest BCUT2D eigenvalue weighted by Gasteiger charge is 2.04. The summed E-state index contributed by atoms with van der Waals surface area (Å²) in [6.45, 7) is 2.74. The van der Waals surface area contributed by atoms with Crippen molar-refractivity contribution in [2.45, 2.75) is 15.6 Å². The van der Waals surface area contributed by atoms with Crippen molar-refractivity contribution < 1.29 is 4.74 Å². The van der Waals surface area contributed by atoms with Gasteiger partial charge in [0.25, 0.3) is 0 Å². The molecule has 18 heavy (non-hydrogen) atoms. The van der Waals surface area contributed by atoms with Gasteiger partial charge >= 0.3 is 0 Å². The Hall–Kier alpha value is -0.720. The van der Waals surface area contributed by atoms with Crippen LogP contribution in [0.1, 0.15) is 5.56 Å². The van der Waals surface area contributed by atoms with Gasteiger partial charge in [0.05, 0.1) is 6.61 Å². The van der Waals surface area contributed by atoms with Crippen LogP contribution in [-0.4, -0.2) is 28.8 Å². The van der Waals surface area contributed by atoms with E-state index in [1.54, 1.807) is 34.9 Å². The molecule has 0 spiro atoms. The number of hydrogen-bond acceptors (Lipinski definition) is 6. The van der Waals surface area contributed by atoms with Gasteiger partial charge in [-0.05, 0) is 24.8 Å². The summed E-state index contributed by atoms with van der Waals surface area (Å²) in [7, 11) is 0. The minimum atomic E-state index is 0.684. The minimum Gasteiger partial charge on any atom is -0.492 e. The van der Waals surface area contributed by atoms with Gasteiger partial charge in [0, 0.05) is 5.75 Å². The molecular weight excluding hydrogens is 284 g/mol. The summed E-state index contributed by atoms with van der Waals surface area (Å²) >= 11 is 4.95. The number of para-hydroxylation sites is 1. The van der Waals surface area contributed by atoms with E-state index in [0.717, 1.165) is 20.2 Å². The highest BCUT2D eigenvalue weighted by Crippen LogP contribution is 2.27. The number of rotatable bonds is 6. The molecule has 0 saturated carbocycles. The number of aromatic nitrogens is 2. The Bertz CT molecular complexity index is 502. The number of ether oxygens (including phenoxy) is 1. The lowest BCUT2D eigenvalue weighted by molar-refractivity contribution is 0.341. The van der Waals surface area contributed by atoms with Gasteiger partial charge in [-0.15, -0.1) is 10.2 Å². The number of benzene rings is 1. The maximum atomic E-state index is 5.72. The average molecular weight is 298 g/mol. The summed E-state index contributed by atoms with van der Waals surface area (Å²) in [4.78, 5) is 0. The van der Waals surface area contributed by atoms with Gasteiger partial charge in [0.1, 0.15) is 5.75 Å². The molecule has 0 aliphatic rings. The van der Waals surface area contributed by atoms with Gasteiger partial charge in [-0.3, -0.25) is 0 Å². The van der Waals surface area contributed by atoms with Gasteiger partial charge in [0.2, 0.25) is 0 Å². The van der Waals surface area contributed by atoms with Crippen molar-refractivity contribution in [3.05, 3.63) is 29.8 Å². The van der Waals surface area contributed by atoms with Gasteiger partial charge in [0.15, 0.2) is 8.68 Å². The summed E-state index contributed by atoms with van der Waals surface area (Å²) in [6.07, 6.45) is 2.01. The highest BCUT2D eigenvalue weighted by molar-refractivity contribution is 8.02. The standard InChI is InChI=1S/C12H14N2OS3/c1-9-5-3-4-6-10(9)15-7-8-17-12-14-13-11(16-2)18-12/h3-6H,7-8H2,1-2H3. The van der Waals surface area contributed by atoms with Crippen molar-refractivity contribution in [2.75, 3.05) is 18.6 Å². The zero-order valence-electron chi connectivity index (χ0n) is 10.3. The van der Waals surface area contributed by atoms with Crippen molar-refractivity contribution in [3.8, 4) is 5.75 Å². The van der Waals surface area contributed by atoms with Gasteiger partial charge in [-0.2, -0.15) is 0 Å². The van der Waals surface area contributed by atoms with Crippen LogP contribution in [0.3, 0.4) is 0 Å². The van der Waals surface area contributed by atoms with Crippen molar-refractivity contribution in [3.63, 3.8) is 0 Å². The molecule has 0 N–H and O–H groups in total. The van der Waals surface area contributed by atoms with E-state index in [2.05, 4.69) is 23.2 Å². The van der Waals surface area contributed by atoms with E-state index in [0.29, 0.717) is 6.61 Å². The van der Waals surface area contributed by atoms with Crippen LogP contribution < -0.4 is 4.74 Å². The molecule has 2 aromatic rings. The number of aryl methyl sites for hydroxylation is 1. The lowest BCUT2D eigenvalue weighted by Gasteiger charge is -2.07. The fourth-order valence-electron chi connectivity index (χ4n) is 1.34. The lowest BCUT2D eigenvalue weighted by Crippen LogP contribution is -2.01. The molecule has 0 fully saturated rings. The van der Waals surface area contributed by atoms with Crippen molar-refractivity contribution in [1.29, 1.82) is 0 Å². The molecule has 3 nitrogen and oxygen atoms in total. The minimum absolute atomic E-state index is 0.684. The van der Waals surface area contributed by atoms with Crippen LogP contribution in [0.25, 0.3) is 0 Å². The molecule has 96 valence electrons. The second-order valence-corrected chi connectivity index (χ2v) is 6.87. The second-order valence-electron chi connectivity index (χ2n) is 3.50. The van der Waals surface area contributed by atoms with E-state index in [4.69, 9.17) is 4.74 Å². The Morgan fingerprint density at radius 1 is 1.22 bits per heavy atom. The first kappa shape index (κ1) is 13.7. The maximum Gasteiger partial charge on any atom is 0.175 e. The van der Waals surface area contributed by atoms with E-state index in [1.165, 1.54) is 5.56 Å². The van der Waals surface area contributed by atoms with Crippen LogP contribution >= 0.6 is 34.9 Å². The third-order valence-corrected chi connectivity index (χ3v) is 5.22. The first-order chi connectivity index (χ1) is 8.79. The number of thioether (sulfide) groups is 2. The molecule has 6 heteroatoms. The monoisotopic (exact) mass is 298 g/mol. The molecule has 0 bridgehead atoms. The fraction of sp³-hybridized carbons (Fsp3) is 0.333. The van der Waals surface area contributed by atoms with Crippen LogP contribution in [0.2, 0.25) is 0 Å². The maximum absolute atomic E-state index is 5.72. The third-order valence-electron chi connectivity index (χ3n) is 2.22. The molecule has 0 amide bonds. The molecule has 0 atom stereocenters. The number of hydrogen-bond donors (Lipinski definition) is 0. The van der Waals surface area contributed by atoms with Crippen LogP contribution in [0.4, 0.5) is 0 Å². The van der Waals surface area contributed by atoms with Crippen LogP contribution in [0, 0.1) is 6.92 Å².